The van der Waals surface area contributed by atoms with E-state index in [1.54, 1.807) is 6.92 Å². The average molecular weight is 593 g/mol. The second kappa shape index (κ2) is 10.9. The number of ether oxygens (including phenoxy) is 1. The van der Waals surface area contributed by atoms with E-state index in [2.05, 4.69) is 27.7 Å². The third kappa shape index (κ3) is 4.57. The molecule has 0 radical (unpaired) electrons. The number of esters is 1. The fourth-order valence-electron chi connectivity index (χ4n) is 9.66. The summed E-state index contributed by atoms with van der Waals surface area (Å²) in [6.45, 7) is 11.4. The molecule has 2 saturated carbocycles. The highest BCUT2D eigenvalue weighted by atomic mass is 16.7. The molecule has 4 rings (SSSR count). The van der Waals surface area contributed by atoms with Crippen LogP contribution in [0.2, 0.25) is 0 Å². The van der Waals surface area contributed by atoms with Crippen LogP contribution in [0.15, 0.2) is 11.4 Å². The molecule has 13 heteroatoms. The Morgan fingerprint density at radius 2 is 1.64 bits per heavy atom. The van der Waals surface area contributed by atoms with E-state index < -0.39 is 61.9 Å². The second-order valence-corrected chi connectivity index (χ2v) is 14.1. The number of nitrogens with zero attached hydrogens (tertiary/aromatic N) is 4. The molecule has 0 aromatic rings. The van der Waals surface area contributed by atoms with Gasteiger partial charge in [-0.3, -0.25) is 39.9 Å². The average Bonchev–Trinajstić information content (AvgIpc) is 3.23. The fraction of sp³-hybridized carbons (Fsp3) is 0.862. The Balaban J connectivity index is 1.83. The Kier molecular flexibility index (Phi) is 8.22. The van der Waals surface area contributed by atoms with Crippen LogP contribution in [0.4, 0.5) is 0 Å². The van der Waals surface area contributed by atoms with E-state index in [4.69, 9.17) is 4.74 Å². The summed E-state index contributed by atoms with van der Waals surface area (Å²) < 4.78 is 5.03. The molecule has 0 bridgehead atoms. The zero-order chi connectivity index (χ0) is 31.5. The van der Waals surface area contributed by atoms with Crippen molar-refractivity contribution in [1.82, 2.24) is 4.90 Å². The zero-order valence-corrected chi connectivity index (χ0v) is 25.7. The van der Waals surface area contributed by atoms with Gasteiger partial charge in [0.2, 0.25) is 5.91 Å². The fourth-order valence-corrected chi connectivity index (χ4v) is 9.66. The minimum atomic E-state index is -3.18. The van der Waals surface area contributed by atoms with E-state index in [0.717, 1.165) is 45.4 Å². The van der Waals surface area contributed by atoms with Crippen molar-refractivity contribution >= 4 is 11.9 Å². The summed E-state index contributed by atoms with van der Waals surface area (Å²) in [6.07, 6.45) is 3.17. The monoisotopic (exact) mass is 592 g/mol. The van der Waals surface area contributed by atoms with Crippen LogP contribution in [0.1, 0.15) is 92.9 Å². The van der Waals surface area contributed by atoms with Gasteiger partial charge < -0.3 is 9.64 Å². The molecule has 0 N–H and O–H groups in total. The molecular formula is C29H44N4O9. The summed E-state index contributed by atoms with van der Waals surface area (Å²) in [4.78, 5) is 61.7. The molecule has 0 aromatic carbocycles. The third-order valence-electron chi connectivity index (χ3n) is 11.4. The van der Waals surface area contributed by atoms with E-state index >= 15 is 0 Å². The molecular weight excluding hydrogens is 548 g/mol. The van der Waals surface area contributed by atoms with Crippen LogP contribution in [0.25, 0.3) is 0 Å². The molecule has 1 aliphatic heterocycles. The van der Waals surface area contributed by atoms with Crippen molar-refractivity contribution in [3.8, 4) is 0 Å². The number of rotatable bonds is 9. The van der Waals surface area contributed by atoms with Gasteiger partial charge in [0.1, 0.15) is 22.0 Å². The van der Waals surface area contributed by atoms with Crippen molar-refractivity contribution in [2.75, 3.05) is 7.05 Å². The number of nitro groups is 3. The van der Waals surface area contributed by atoms with Gasteiger partial charge in [0.25, 0.3) is 0 Å². The van der Waals surface area contributed by atoms with Crippen molar-refractivity contribution < 1.29 is 29.1 Å². The molecule has 8 atom stereocenters. The van der Waals surface area contributed by atoms with Gasteiger partial charge in [0.15, 0.2) is 0 Å². The standard InChI is InChI=1S/C29H44N4O9/c1-16(2)9-8-10-17(3)19-11-12-20-22-21(13-14-27(19,20)5)28(6)15-29(32(38)39,33(40)41)25(42-18(4)34)23(31(36)37)24(28)30(7)26(22)35/h16-17,19-22,25H,8-15H2,1-7H3/t17-,19-,20+,21+,22+,25+,27-,28-/m1/s1. The first kappa shape index (κ1) is 31.8. The number of hydrogen-bond acceptors (Lipinski definition) is 9. The molecule has 0 unspecified atom stereocenters. The summed E-state index contributed by atoms with van der Waals surface area (Å²) in [7, 11) is 1.40. The van der Waals surface area contributed by atoms with Gasteiger partial charge in [-0.2, -0.15) is 0 Å². The molecule has 234 valence electrons. The molecule has 13 nitrogen and oxygen atoms in total. The van der Waals surface area contributed by atoms with Crippen LogP contribution >= 0.6 is 0 Å². The number of carbonyl (C=O) groups is 2. The predicted molar refractivity (Wildman–Crippen MR) is 150 cm³/mol. The smallest absolute Gasteiger partial charge is 0.435 e. The van der Waals surface area contributed by atoms with E-state index in [-0.39, 0.29) is 22.9 Å². The van der Waals surface area contributed by atoms with Crippen LogP contribution in [0, 0.1) is 76.7 Å². The van der Waals surface area contributed by atoms with Crippen molar-refractivity contribution in [3.05, 3.63) is 41.7 Å². The molecule has 3 aliphatic carbocycles. The third-order valence-corrected chi connectivity index (χ3v) is 11.4. The number of fused-ring (bicyclic) bond motifs is 5. The van der Waals surface area contributed by atoms with Crippen LogP contribution in [-0.2, 0) is 14.3 Å². The molecule has 1 heterocycles. The Morgan fingerprint density at radius 3 is 2.17 bits per heavy atom. The maximum atomic E-state index is 14.2. The van der Waals surface area contributed by atoms with Gasteiger partial charge in [-0.05, 0) is 60.7 Å². The highest BCUT2D eigenvalue weighted by molar-refractivity contribution is 5.83. The Morgan fingerprint density at radius 1 is 1.02 bits per heavy atom. The van der Waals surface area contributed by atoms with E-state index in [1.165, 1.54) is 11.9 Å². The molecule has 3 fully saturated rings. The second-order valence-electron chi connectivity index (χ2n) is 14.1. The normalized spacial score (nSPS) is 36.1. The summed E-state index contributed by atoms with van der Waals surface area (Å²) >= 11 is 0. The van der Waals surface area contributed by atoms with Gasteiger partial charge in [-0.1, -0.05) is 53.9 Å². The zero-order valence-electron chi connectivity index (χ0n) is 25.7. The van der Waals surface area contributed by atoms with Gasteiger partial charge in [0, 0.05) is 25.3 Å². The molecule has 4 aliphatic rings. The molecule has 0 aromatic heterocycles. The van der Waals surface area contributed by atoms with Crippen molar-refractivity contribution in [3.63, 3.8) is 0 Å². The maximum absolute atomic E-state index is 14.2. The lowest BCUT2D eigenvalue weighted by molar-refractivity contribution is -0.811. The van der Waals surface area contributed by atoms with E-state index in [1.807, 2.05) is 0 Å². The molecule has 42 heavy (non-hydrogen) atoms. The van der Waals surface area contributed by atoms with Gasteiger partial charge in [-0.25, -0.2) is 0 Å². The minimum Gasteiger partial charge on any atom is -0.435 e. The lowest BCUT2D eigenvalue weighted by atomic mass is 9.47. The van der Waals surface area contributed by atoms with Crippen molar-refractivity contribution in [2.45, 2.75) is 105 Å². The number of amides is 1. The van der Waals surface area contributed by atoms with Crippen LogP contribution in [0.3, 0.4) is 0 Å². The maximum Gasteiger partial charge on any atom is 0.505 e. The lowest BCUT2D eigenvalue weighted by Gasteiger charge is -2.59. The van der Waals surface area contributed by atoms with E-state index in [0.29, 0.717) is 24.2 Å². The first-order valence-corrected chi connectivity index (χ1v) is 15.1. The van der Waals surface area contributed by atoms with Crippen molar-refractivity contribution in [1.29, 1.82) is 0 Å². The molecule has 0 spiro atoms. The predicted octanol–water partition coefficient (Wildman–Crippen LogP) is 5.06. The first-order valence-electron chi connectivity index (χ1n) is 15.1. The molecule has 1 saturated heterocycles. The first-order chi connectivity index (χ1) is 19.4. The van der Waals surface area contributed by atoms with Crippen molar-refractivity contribution in [2.24, 2.45) is 46.3 Å². The SMILES string of the molecule is CC(=O)O[C@H]1C([N+](=O)[O-])=C2N(C)C(=O)[C@H]3[C@@H]4CC[C@H]([C@H](C)CCCC(C)C)[C@@]4(C)CC[C@@H]3[C@@]2(C)CC1([N+](=O)[O-])[N+](=O)[O-]. The van der Waals surface area contributed by atoms with E-state index in [9.17, 15) is 39.9 Å². The van der Waals surface area contributed by atoms with Gasteiger partial charge in [-0.15, -0.1) is 0 Å². The summed E-state index contributed by atoms with van der Waals surface area (Å²) in [5.74, 6) is -1.17. The number of allylic oxidation sites excluding steroid dienone is 1. The quantitative estimate of drug-likeness (QED) is 0.153. The van der Waals surface area contributed by atoms with Crippen LogP contribution < -0.4 is 0 Å². The Bertz CT molecular complexity index is 1200. The van der Waals surface area contributed by atoms with Crippen LogP contribution in [0.5, 0.6) is 0 Å². The number of likely N-dealkylation sites (tertiary alicyclic amines) is 1. The number of piperidine rings is 1. The molecule has 1 amide bonds. The summed E-state index contributed by atoms with van der Waals surface area (Å²) in [5, 5.41) is 37.6. The number of carbonyl (C=O) groups excluding carboxylic acids is 2. The summed E-state index contributed by atoms with van der Waals surface area (Å²) in [5.41, 5.74) is -5.87. The van der Waals surface area contributed by atoms with Crippen LogP contribution in [-0.4, -0.2) is 50.4 Å². The van der Waals surface area contributed by atoms with Gasteiger partial charge >= 0.3 is 23.4 Å². The topological polar surface area (TPSA) is 176 Å². The Hall–Kier alpha value is -3.12. The Labute approximate surface area is 245 Å². The highest BCUT2D eigenvalue weighted by Crippen LogP contribution is 2.68. The minimum absolute atomic E-state index is 0.0482. The lowest BCUT2D eigenvalue weighted by Crippen LogP contribution is -2.69. The highest BCUT2D eigenvalue weighted by Gasteiger charge is 2.79. The largest absolute Gasteiger partial charge is 0.505 e. The summed E-state index contributed by atoms with van der Waals surface area (Å²) in [6, 6.07) is 0. The van der Waals surface area contributed by atoms with Gasteiger partial charge in [0.05, 0.1) is 4.92 Å². The number of hydrogen-bond donors (Lipinski definition) is 0.